The van der Waals surface area contributed by atoms with Crippen molar-refractivity contribution in [3.05, 3.63) is 11.2 Å². The second-order valence-electron chi connectivity index (χ2n) is 7.44. The smallest absolute Gasteiger partial charge is 0.233 e. The minimum atomic E-state index is 0.0902. The van der Waals surface area contributed by atoms with Gasteiger partial charge in [-0.25, -0.2) is 9.97 Å². The van der Waals surface area contributed by atoms with E-state index in [0.29, 0.717) is 35.7 Å². The molecule has 2 saturated heterocycles. The molecule has 1 atom stereocenters. The molecule has 10 heteroatoms. The summed E-state index contributed by atoms with van der Waals surface area (Å²) in [6.07, 6.45) is 0. The molecule has 0 radical (unpaired) electrons. The number of piperazine rings is 2. The predicted octanol–water partition coefficient (Wildman–Crippen LogP) is 1.44. The van der Waals surface area contributed by atoms with Gasteiger partial charge in [0.2, 0.25) is 11.8 Å². The maximum Gasteiger partial charge on any atom is 0.233 e. The second-order valence-corrected chi connectivity index (χ2v) is 8.77. The van der Waals surface area contributed by atoms with Gasteiger partial charge in [0.15, 0.2) is 5.16 Å². The number of rotatable bonds is 5. The predicted molar refractivity (Wildman–Crippen MR) is 116 cm³/mol. The lowest BCUT2D eigenvalue weighted by Crippen LogP contribution is -2.53. The Morgan fingerprint density at radius 3 is 2.52 bits per heavy atom. The number of carbonyl (C=O) groups is 2. The molecule has 29 heavy (non-hydrogen) atoms. The number of aromatic nitrogens is 2. The molecular weight excluding hydrogens is 412 g/mol. The van der Waals surface area contributed by atoms with E-state index in [1.807, 2.05) is 16.7 Å². The Morgan fingerprint density at radius 1 is 1.17 bits per heavy atom. The van der Waals surface area contributed by atoms with Gasteiger partial charge in [0.1, 0.15) is 11.0 Å². The summed E-state index contributed by atoms with van der Waals surface area (Å²) in [4.78, 5) is 41.4. The van der Waals surface area contributed by atoms with Crippen molar-refractivity contribution in [2.45, 2.75) is 32.0 Å². The van der Waals surface area contributed by atoms with Gasteiger partial charge < -0.3 is 19.6 Å². The lowest BCUT2D eigenvalue weighted by Gasteiger charge is -2.40. The van der Waals surface area contributed by atoms with Gasteiger partial charge in [-0.3, -0.25) is 9.59 Å². The van der Waals surface area contributed by atoms with Crippen molar-refractivity contribution in [3.8, 4) is 0 Å². The summed E-state index contributed by atoms with van der Waals surface area (Å²) in [6, 6.07) is 1.85. The van der Waals surface area contributed by atoms with Gasteiger partial charge in [-0.05, 0) is 13.5 Å². The van der Waals surface area contributed by atoms with Crippen LogP contribution in [-0.2, 0) is 9.59 Å². The third-order valence-electron chi connectivity index (χ3n) is 5.51. The molecule has 1 aromatic rings. The Hall–Kier alpha value is -1.58. The minimum Gasteiger partial charge on any atom is -0.353 e. The molecule has 3 heterocycles. The fourth-order valence-corrected chi connectivity index (χ4v) is 4.76. The van der Waals surface area contributed by atoms with Crippen molar-refractivity contribution in [2.75, 3.05) is 63.0 Å². The van der Waals surface area contributed by atoms with Crippen LogP contribution < -0.4 is 4.90 Å². The molecule has 0 saturated carbocycles. The average Bonchev–Trinajstić information content (AvgIpc) is 2.71. The second kappa shape index (κ2) is 9.95. The SMILES string of the molecule is CCN1CCN(C(=O)CSc2nc(Cl)cc(N3CCN(C(C)=O)C(C)C3)n2)CC1. The number of halogens is 1. The van der Waals surface area contributed by atoms with Crippen molar-refractivity contribution in [3.63, 3.8) is 0 Å². The number of hydrogen-bond acceptors (Lipinski definition) is 7. The van der Waals surface area contributed by atoms with E-state index in [-0.39, 0.29) is 17.9 Å². The zero-order valence-corrected chi connectivity index (χ0v) is 18.9. The Bertz CT molecular complexity index is 743. The first kappa shape index (κ1) is 22.1. The van der Waals surface area contributed by atoms with E-state index in [4.69, 9.17) is 11.6 Å². The number of thioether (sulfide) groups is 1. The molecule has 2 fully saturated rings. The van der Waals surface area contributed by atoms with E-state index in [1.165, 1.54) is 11.8 Å². The lowest BCUT2D eigenvalue weighted by molar-refractivity contribution is -0.131. The van der Waals surface area contributed by atoms with Crippen LogP contribution in [0.4, 0.5) is 5.82 Å². The van der Waals surface area contributed by atoms with Crippen molar-refractivity contribution < 1.29 is 9.59 Å². The maximum absolute atomic E-state index is 12.5. The number of nitrogens with zero attached hydrogens (tertiary/aromatic N) is 6. The maximum atomic E-state index is 12.5. The number of amides is 2. The number of carbonyl (C=O) groups excluding carboxylic acids is 2. The standard InChI is InChI=1S/C19H29ClN6O2S/c1-4-23-5-7-24(8-6-23)18(28)13-29-19-21-16(20)11-17(22-19)25-9-10-26(15(3)27)14(2)12-25/h11,14H,4-10,12-13H2,1-3H3. The van der Waals surface area contributed by atoms with Gasteiger partial charge in [-0.2, -0.15) is 0 Å². The largest absolute Gasteiger partial charge is 0.353 e. The number of hydrogen-bond donors (Lipinski definition) is 0. The van der Waals surface area contributed by atoms with Gasteiger partial charge >= 0.3 is 0 Å². The third kappa shape index (κ3) is 5.73. The van der Waals surface area contributed by atoms with Gasteiger partial charge in [-0.15, -0.1) is 0 Å². The van der Waals surface area contributed by atoms with E-state index in [2.05, 4.69) is 26.7 Å². The zero-order chi connectivity index (χ0) is 21.0. The van der Waals surface area contributed by atoms with Gasteiger partial charge in [0.05, 0.1) is 5.75 Å². The quantitative estimate of drug-likeness (QED) is 0.389. The lowest BCUT2D eigenvalue weighted by atomic mass is 10.2. The highest BCUT2D eigenvalue weighted by Gasteiger charge is 2.27. The van der Waals surface area contributed by atoms with Crippen LogP contribution in [0.25, 0.3) is 0 Å². The molecule has 2 amide bonds. The first-order chi connectivity index (χ1) is 13.9. The van der Waals surface area contributed by atoms with E-state index in [0.717, 1.165) is 38.5 Å². The fraction of sp³-hybridized carbons (Fsp3) is 0.684. The highest BCUT2D eigenvalue weighted by molar-refractivity contribution is 7.99. The van der Waals surface area contributed by atoms with E-state index in [9.17, 15) is 9.59 Å². The topological polar surface area (TPSA) is 72.9 Å². The van der Waals surface area contributed by atoms with Crippen LogP contribution in [0, 0.1) is 0 Å². The molecule has 3 rings (SSSR count). The van der Waals surface area contributed by atoms with Crippen molar-refractivity contribution in [2.24, 2.45) is 0 Å². The first-order valence-corrected chi connectivity index (χ1v) is 11.4. The van der Waals surface area contributed by atoms with Crippen LogP contribution in [-0.4, -0.2) is 101 Å². The van der Waals surface area contributed by atoms with Gasteiger partial charge in [0, 0.05) is 64.8 Å². The Kier molecular flexibility index (Phi) is 7.59. The van der Waals surface area contributed by atoms with Gasteiger partial charge in [-0.1, -0.05) is 30.3 Å². The summed E-state index contributed by atoms with van der Waals surface area (Å²) < 4.78 is 0. The molecule has 2 aliphatic heterocycles. The monoisotopic (exact) mass is 440 g/mol. The summed E-state index contributed by atoms with van der Waals surface area (Å²) in [5.74, 6) is 1.25. The molecule has 1 unspecified atom stereocenters. The molecule has 1 aromatic heterocycles. The fourth-order valence-electron chi connectivity index (χ4n) is 3.78. The Labute approximate surface area is 181 Å². The van der Waals surface area contributed by atoms with Gasteiger partial charge in [0.25, 0.3) is 0 Å². The molecule has 0 N–H and O–H groups in total. The van der Waals surface area contributed by atoms with E-state index < -0.39 is 0 Å². The summed E-state index contributed by atoms with van der Waals surface area (Å²) in [6.45, 7) is 12.2. The van der Waals surface area contributed by atoms with Crippen LogP contribution in [0.5, 0.6) is 0 Å². The van der Waals surface area contributed by atoms with Crippen molar-refractivity contribution >= 4 is 41.0 Å². The molecule has 8 nitrogen and oxygen atoms in total. The van der Waals surface area contributed by atoms with E-state index in [1.54, 1.807) is 13.0 Å². The highest BCUT2D eigenvalue weighted by atomic mass is 35.5. The Balaban J connectivity index is 1.58. The van der Waals surface area contributed by atoms with Crippen LogP contribution in [0.2, 0.25) is 5.15 Å². The van der Waals surface area contributed by atoms with Crippen LogP contribution >= 0.6 is 23.4 Å². The molecule has 2 aliphatic rings. The molecule has 160 valence electrons. The van der Waals surface area contributed by atoms with Crippen molar-refractivity contribution in [1.29, 1.82) is 0 Å². The summed E-state index contributed by atoms with van der Waals surface area (Å²) in [7, 11) is 0. The molecule has 0 bridgehead atoms. The first-order valence-electron chi connectivity index (χ1n) is 10.1. The van der Waals surface area contributed by atoms with Crippen LogP contribution in [0.1, 0.15) is 20.8 Å². The average molecular weight is 441 g/mol. The number of likely N-dealkylation sites (N-methyl/N-ethyl adjacent to an activating group) is 1. The Morgan fingerprint density at radius 2 is 1.90 bits per heavy atom. The normalized spacial score (nSPS) is 20.8. The highest BCUT2D eigenvalue weighted by Crippen LogP contribution is 2.24. The number of anilines is 1. The van der Waals surface area contributed by atoms with Crippen LogP contribution in [0.3, 0.4) is 0 Å². The molecule has 0 aromatic carbocycles. The zero-order valence-electron chi connectivity index (χ0n) is 17.3. The summed E-state index contributed by atoms with van der Waals surface area (Å²) in [5.41, 5.74) is 0. The van der Waals surface area contributed by atoms with Crippen LogP contribution in [0.15, 0.2) is 11.2 Å². The molecular formula is C19H29ClN6O2S. The van der Waals surface area contributed by atoms with E-state index >= 15 is 0 Å². The molecule has 0 aliphatic carbocycles. The minimum absolute atomic E-state index is 0.0902. The summed E-state index contributed by atoms with van der Waals surface area (Å²) >= 11 is 7.55. The third-order valence-corrected chi connectivity index (χ3v) is 6.54. The van der Waals surface area contributed by atoms with Crippen molar-refractivity contribution in [1.82, 2.24) is 24.7 Å². The molecule has 0 spiro atoms. The summed E-state index contributed by atoms with van der Waals surface area (Å²) in [5, 5.41) is 0.873.